The van der Waals surface area contributed by atoms with E-state index in [1.54, 1.807) is 10.4 Å². The van der Waals surface area contributed by atoms with Crippen LogP contribution in [-0.2, 0) is 10.0 Å². The number of benzene rings is 1. The highest BCUT2D eigenvalue weighted by atomic mass is 79.9. The van der Waals surface area contributed by atoms with Gasteiger partial charge in [-0.2, -0.15) is 4.31 Å². The number of piperidine rings is 1. The Bertz CT molecular complexity index is 621. The minimum Gasteiger partial charge on any atom is -0.328 e. The van der Waals surface area contributed by atoms with Gasteiger partial charge in [-0.3, -0.25) is 0 Å². The van der Waals surface area contributed by atoms with Gasteiger partial charge >= 0.3 is 0 Å². The van der Waals surface area contributed by atoms with Gasteiger partial charge in [-0.15, -0.1) is 0 Å². The number of hydrogen-bond acceptors (Lipinski definition) is 3. The zero-order chi connectivity index (χ0) is 15.8. The van der Waals surface area contributed by atoms with Crippen LogP contribution >= 0.6 is 15.9 Å². The summed E-state index contributed by atoms with van der Waals surface area (Å²) < 4.78 is 28.2. The molecule has 0 spiro atoms. The molecule has 2 rings (SSSR count). The van der Waals surface area contributed by atoms with Crippen molar-refractivity contribution in [2.75, 3.05) is 13.1 Å². The predicted octanol–water partition coefficient (Wildman–Crippen LogP) is 2.81. The van der Waals surface area contributed by atoms with Crippen molar-refractivity contribution in [1.82, 2.24) is 4.31 Å². The Morgan fingerprint density at radius 3 is 2.33 bits per heavy atom. The van der Waals surface area contributed by atoms with Crippen LogP contribution in [0.4, 0.5) is 0 Å². The number of rotatable bonds is 3. The first kappa shape index (κ1) is 16.9. The summed E-state index contributed by atoms with van der Waals surface area (Å²) in [5, 5.41) is 0. The maximum atomic E-state index is 12.8. The summed E-state index contributed by atoms with van der Waals surface area (Å²) in [6.45, 7) is 6.86. The zero-order valence-corrected chi connectivity index (χ0v) is 15.2. The van der Waals surface area contributed by atoms with E-state index in [4.69, 9.17) is 5.73 Å². The summed E-state index contributed by atoms with van der Waals surface area (Å²) in [6.07, 6.45) is 1.68. The van der Waals surface area contributed by atoms with E-state index < -0.39 is 10.0 Å². The predicted molar refractivity (Wildman–Crippen MR) is 88.7 cm³/mol. The molecule has 0 radical (unpaired) electrons. The summed E-state index contributed by atoms with van der Waals surface area (Å²) in [7, 11) is -3.41. The van der Waals surface area contributed by atoms with E-state index in [9.17, 15) is 8.42 Å². The Hall–Kier alpha value is -0.430. The van der Waals surface area contributed by atoms with Gasteiger partial charge < -0.3 is 5.73 Å². The lowest BCUT2D eigenvalue weighted by Gasteiger charge is -2.33. The fourth-order valence-electron chi connectivity index (χ4n) is 2.81. The van der Waals surface area contributed by atoms with Crippen LogP contribution in [0, 0.1) is 19.8 Å². The Morgan fingerprint density at radius 2 is 1.81 bits per heavy atom. The number of nitrogens with two attached hydrogens (primary N) is 1. The summed E-state index contributed by atoms with van der Waals surface area (Å²) >= 11 is 3.44. The molecule has 1 atom stereocenters. The van der Waals surface area contributed by atoms with E-state index in [0.29, 0.717) is 23.9 Å². The minimum absolute atomic E-state index is 0.131. The zero-order valence-electron chi connectivity index (χ0n) is 12.8. The van der Waals surface area contributed by atoms with E-state index >= 15 is 0 Å². The molecule has 0 bridgehead atoms. The Balaban J connectivity index is 2.26. The van der Waals surface area contributed by atoms with E-state index in [1.807, 2.05) is 26.8 Å². The molecule has 1 aromatic carbocycles. The van der Waals surface area contributed by atoms with Crippen molar-refractivity contribution in [1.29, 1.82) is 0 Å². The number of nitrogens with zero attached hydrogens (tertiary/aromatic N) is 1. The van der Waals surface area contributed by atoms with Gasteiger partial charge in [0.15, 0.2) is 0 Å². The monoisotopic (exact) mass is 374 g/mol. The Morgan fingerprint density at radius 1 is 1.24 bits per heavy atom. The maximum Gasteiger partial charge on any atom is 0.243 e. The van der Waals surface area contributed by atoms with Gasteiger partial charge in [0, 0.05) is 23.6 Å². The van der Waals surface area contributed by atoms with Crippen LogP contribution in [0.25, 0.3) is 0 Å². The Labute approximate surface area is 135 Å². The molecular weight excluding hydrogens is 352 g/mol. The fraction of sp³-hybridized carbons (Fsp3) is 0.600. The van der Waals surface area contributed by atoms with Gasteiger partial charge in [-0.25, -0.2) is 8.42 Å². The molecule has 2 N–H and O–H groups in total. The molecule has 1 aliphatic rings. The molecule has 118 valence electrons. The molecule has 1 aliphatic heterocycles. The molecule has 4 nitrogen and oxygen atoms in total. The second kappa shape index (κ2) is 6.36. The van der Waals surface area contributed by atoms with Crippen LogP contribution in [0.2, 0.25) is 0 Å². The van der Waals surface area contributed by atoms with Gasteiger partial charge in [-0.05, 0) is 62.8 Å². The minimum atomic E-state index is -3.41. The number of sulfonamides is 1. The van der Waals surface area contributed by atoms with Crippen molar-refractivity contribution in [2.45, 2.75) is 44.6 Å². The van der Waals surface area contributed by atoms with Crippen LogP contribution in [0.1, 0.15) is 30.9 Å². The van der Waals surface area contributed by atoms with Crippen molar-refractivity contribution in [2.24, 2.45) is 11.7 Å². The van der Waals surface area contributed by atoms with Crippen LogP contribution in [0.5, 0.6) is 0 Å². The molecular formula is C15H23BrN2O2S. The molecule has 1 heterocycles. The molecule has 1 saturated heterocycles. The van der Waals surface area contributed by atoms with Crippen molar-refractivity contribution < 1.29 is 8.42 Å². The van der Waals surface area contributed by atoms with Crippen molar-refractivity contribution in [3.05, 3.63) is 27.7 Å². The first-order valence-electron chi connectivity index (χ1n) is 7.26. The summed E-state index contributed by atoms with van der Waals surface area (Å²) in [6, 6.07) is 3.76. The molecule has 21 heavy (non-hydrogen) atoms. The third-order valence-corrected chi connectivity index (χ3v) is 7.21. The van der Waals surface area contributed by atoms with Crippen molar-refractivity contribution >= 4 is 26.0 Å². The van der Waals surface area contributed by atoms with Gasteiger partial charge in [0.25, 0.3) is 0 Å². The highest BCUT2D eigenvalue weighted by molar-refractivity contribution is 9.10. The SMILES string of the molecule is Cc1cc(S(=O)(=O)N2CCC(C(C)N)CC2)c(C)cc1Br. The number of hydrogen-bond donors (Lipinski definition) is 1. The maximum absolute atomic E-state index is 12.8. The third kappa shape index (κ3) is 3.50. The first-order valence-corrected chi connectivity index (χ1v) is 9.49. The quantitative estimate of drug-likeness (QED) is 0.884. The van der Waals surface area contributed by atoms with E-state index in [1.165, 1.54) is 0 Å². The lowest BCUT2D eigenvalue weighted by atomic mass is 9.92. The lowest BCUT2D eigenvalue weighted by molar-refractivity contribution is 0.250. The molecule has 0 saturated carbocycles. The summed E-state index contributed by atoms with van der Waals surface area (Å²) in [4.78, 5) is 0.419. The highest BCUT2D eigenvalue weighted by Gasteiger charge is 2.31. The highest BCUT2D eigenvalue weighted by Crippen LogP contribution is 2.29. The topological polar surface area (TPSA) is 63.4 Å². The summed E-state index contributed by atoms with van der Waals surface area (Å²) in [5.74, 6) is 0.421. The third-order valence-electron chi connectivity index (χ3n) is 4.32. The molecule has 0 aliphatic carbocycles. The largest absolute Gasteiger partial charge is 0.328 e. The number of halogens is 1. The van der Waals surface area contributed by atoms with Crippen LogP contribution in [-0.4, -0.2) is 31.9 Å². The van der Waals surface area contributed by atoms with Gasteiger partial charge in [0.1, 0.15) is 0 Å². The van der Waals surface area contributed by atoms with Crippen molar-refractivity contribution in [3.8, 4) is 0 Å². The molecule has 1 fully saturated rings. The van der Waals surface area contributed by atoms with E-state index in [-0.39, 0.29) is 6.04 Å². The lowest BCUT2D eigenvalue weighted by Crippen LogP contribution is -2.42. The van der Waals surface area contributed by atoms with Gasteiger partial charge in [0.2, 0.25) is 10.0 Å². The second-order valence-corrected chi connectivity index (χ2v) is 8.73. The molecule has 1 aromatic rings. The summed E-state index contributed by atoms with van der Waals surface area (Å²) in [5.41, 5.74) is 7.63. The first-order chi connectivity index (χ1) is 9.73. The van der Waals surface area contributed by atoms with E-state index in [2.05, 4.69) is 15.9 Å². The van der Waals surface area contributed by atoms with Gasteiger partial charge in [0.05, 0.1) is 4.90 Å². The molecule has 0 amide bonds. The average molecular weight is 375 g/mol. The van der Waals surface area contributed by atoms with Crippen LogP contribution in [0.15, 0.2) is 21.5 Å². The van der Waals surface area contributed by atoms with E-state index in [0.717, 1.165) is 28.4 Å². The fourth-order valence-corrected chi connectivity index (χ4v) is 5.03. The normalized spacial score (nSPS) is 19.7. The molecule has 6 heteroatoms. The average Bonchev–Trinajstić information content (AvgIpc) is 2.42. The Kier molecular flexibility index (Phi) is 5.13. The van der Waals surface area contributed by atoms with Crippen molar-refractivity contribution in [3.63, 3.8) is 0 Å². The second-order valence-electron chi connectivity index (χ2n) is 5.97. The van der Waals surface area contributed by atoms with Crippen LogP contribution in [0.3, 0.4) is 0 Å². The molecule has 1 unspecified atom stereocenters. The number of aryl methyl sites for hydroxylation is 2. The molecule has 0 aromatic heterocycles. The standard InChI is InChI=1S/C15H23BrN2O2S/c1-10-9-15(11(2)8-14(10)16)21(19,20)18-6-4-13(5-7-18)12(3)17/h8-9,12-13H,4-7,17H2,1-3H3. The smallest absolute Gasteiger partial charge is 0.243 e. The van der Waals surface area contributed by atoms with Crippen LogP contribution < -0.4 is 5.73 Å². The van der Waals surface area contributed by atoms with Gasteiger partial charge in [-0.1, -0.05) is 15.9 Å².